The van der Waals surface area contributed by atoms with E-state index in [9.17, 15) is 4.79 Å². The summed E-state index contributed by atoms with van der Waals surface area (Å²) in [5.41, 5.74) is 2.96. The van der Waals surface area contributed by atoms with Crippen molar-refractivity contribution in [1.82, 2.24) is 9.78 Å². The minimum atomic E-state index is -0.919. The van der Waals surface area contributed by atoms with Crippen molar-refractivity contribution in [3.05, 3.63) is 41.6 Å². The highest BCUT2D eigenvalue weighted by molar-refractivity contribution is 5.89. The van der Waals surface area contributed by atoms with Gasteiger partial charge in [0.1, 0.15) is 0 Å². The number of benzene rings is 1. The van der Waals surface area contributed by atoms with Gasteiger partial charge in [0.2, 0.25) is 0 Å². The number of rotatable bonds is 2. The number of aromatic carboxylic acids is 1. The Morgan fingerprint density at radius 3 is 2.69 bits per heavy atom. The fourth-order valence-corrected chi connectivity index (χ4v) is 1.59. The molecule has 1 heterocycles. The smallest absolute Gasteiger partial charge is 0.335 e. The maximum Gasteiger partial charge on any atom is 0.335 e. The molecule has 0 fully saturated rings. The van der Waals surface area contributed by atoms with Gasteiger partial charge in [-0.05, 0) is 30.7 Å². The minimum absolute atomic E-state index is 0.284. The molecule has 16 heavy (non-hydrogen) atoms. The second kappa shape index (κ2) is 3.81. The molecule has 0 saturated heterocycles. The van der Waals surface area contributed by atoms with Crippen LogP contribution in [0.3, 0.4) is 0 Å². The highest BCUT2D eigenvalue weighted by Gasteiger charge is 2.09. The molecular formula is C12H12N2O2. The summed E-state index contributed by atoms with van der Waals surface area (Å²) in [4.78, 5) is 10.9. The number of carboxylic acid groups (broad SMARTS) is 1. The van der Waals surface area contributed by atoms with Gasteiger partial charge >= 0.3 is 5.97 Å². The third kappa shape index (κ3) is 1.82. The van der Waals surface area contributed by atoms with Crippen molar-refractivity contribution < 1.29 is 9.90 Å². The highest BCUT2D eigenvalue weighted by Crippen LogP contribution is 2.22. The predicted octanol–water partition coefficient (Wildman–Crippen LogP) is 2.09. The van der Waals surface area contributed by atoms with Crippen molar-refractivity contribution in [2.75, 3.05) is 0 Å². The lowest BCUT2D eigenvalue weighted by atomic mass is 10.0. The molecule has 0 bridgehead atoms. The molecule has 2 aromatic rings. The second-order valence-corrected chi connectivity index (χ2v) is 3.71. The molecule has 0 radical (unpaired) electrons. The van der Waals surface area contributed by atoms with Gasteiger partial charge in [-0.3, -0.25) is 4.68 Å². The van der Waals surface area contributed by atoms with Crippen molar-refractivity contribution in [1.29, 1.82) is 0 Å². The van der Waals surface area contributed by atoms with Gasteiger partial charge in [-0.25, -0.2) is 4.79 Å². The van der Waals surface area contributed by atoms with Crippen molar-refractivity contribution in [3.63, 3.8) is 0 Å². The number of aryl methyl sites for hydroxylation is 2. The Bertz CT molecular complexity index is 544. The van der Waals surface area contributed by atoms with Crippen LogP contribution in [0.4, 0.5) is 0 Å². The molecule has 0 aliphatic carbocycles. The summed E-state index contributed by atoms with van der Waals surface area (Å²) in [5.74, 6) is -0.919. The summed E-state index contributed by atoms with van der Waals surface area (Å²) in [5, 5.41) is 13.2. The summed E-state index contributed by atoms with van der Waals surface area (Å²) in [6, 6.07) is 6.92. The number of aromatic nitrogens is 2. The summed E-state index contributed by atoms with van der Waals surface area (Å²) in [7, 11) is 1.83. The Labute approximate surface area is 93.1 Å². The van der Waals surface area contributed by atoms with E-state index in [1.54, 1.807) is 22.9 Å². The molecule has 4 heteroatoms. The number of carboxylic acids is 1. The molecule has 0 atom stereocenters. The van der Waals surface area contributed by atoms with Crippen LogP contribution in [-0.4, -0.2) is 20.9 Å². The third-order valence-electron chi connectivity index (χ3n) is 2.47. The fraction of sp³-hybridized carbons (Fsp3) is 0.167. The van der Waals surface area contributed by atoms with Crippen LogP contribution in [-0.2, 0) is 7.05 Å². The minimum Gasteiger partial charge on any atom is -0.478 e. The Kier molecular flexibility index (Phi) is 2.48. The van der Waals surface area contributed by atoms with Gasteiger partial charge in [0.25, 0.3) is 0 Å². The predicted molar refractivity (Wildman–Crippen MR) is 60.3 cm³/mol. The zero-order valence-corrected chi connectivity index (χ0v) is 9.14. The Morgan fingerprint density at radius 2 is 2.12 bits per heavy atom. The van der Waals surface area contributed by atoms with Crippen molar-refractivity contribution in [2.24, 2.45) is 7.05 Å². The fourth-order valence-electron chi connectivity index (χ4n) is 1.59. The second-order valence-electron chi connectivity index (χ2n) is 3.71. The van der Waals surface area contributed by atoms with Crippen LogP contribution in [0.2, 0.25) is 0 Å². The third-order valence-corrected chi connectivity index (χ3v) is 2.47. The highest BCUT2D eigenvalue weighted by atomic mass is 16.4. The topological polar surface area (TPSA) is 55.1 Å². The number of hydrogen-bond acceptors (Lipinski definition) is 2. The van der Waals surface area contributed by atoms with Gasteiger partial charge in [0.05, 0.1) is 11.3 Å². The zero-order valence-electron chi connectivity index (χ0n) is 9.14. The maximum atomic E-state index is 10.9. The first kappa shape index (κ1) is 10.4. The molecule has 1 N–H and O–H groups in total. The van der Waals surface area contributed by atoms with Crippen LogP contribution in [0.25, 0.3) is 11.3 Å². The lowest BCUT2D eigenvalue weighted by molar-refractivity contribution is 0.0697. The average molecular weight is 216 g/mol. The average Bonchev–Trinajstić information content (AvgIpc) is 2.65. The molecule has 0 aliphatic heterocycles. The maximum absolute atomic E-state index is 10.9. The summed E-state index contributed by atoms with van der Waals surface area (Å²) in [6.45, 7) is 1.94. The van der Waals surface area contributed by atoms with E-state index < -0.39 is 5.97 Å². The van der Waals surface area contributed by atoms with Crippen LogP contribution < -0.4 is 0 Å². The van der Waals surface area contributed by atoms with E-state index in [1.807, 2.05) is 26.2 Å². The SMILES string of the molecule is Cc1ccc(C(=O)O)cc1-c1ccn(C)n1. The molecule has 4 nitrogen and oxygen atoms in total. The van der Waals surface area contributed by atoms with Gasteiger partial charge in [0.15, 0.2) is 0 Å². The van der Waals surface area contributed by atoms with Crippen molar-refractivity contribution in [2.45, 2.75) is 6.92 Å². The quantitative estimate of drug-likeness (QED) is 0.836. The Hall–Kier alpha value is -2.10. The first-order valence-corrected chi connectivity index (χ1v) is 4.92. The standard InChI is InChI=1S/C12H12N2O2/c1-8-3-4-9(12(15)16)7-10(8)11-5-6-14(2)13-11/h3-7H,1-2H3,(H,15,16). The van der Waals surface area contributed by atoms with Gasteiger partial charge in [-0.1, -0.05) is 6.07 Å². The number of nitrogens with zero attached hydrogens (tertiary/aromatic N) is 2. The van der Waals surface area contributed by atoms with E-state index in [2.05, 4.69) is 5.10 Å². The normalized spacial score (nSPS) is 10.4. The number of hydrogen-bond donors (Lipinski definition) is 1. The van der Waals surface area contributed by atoms with Gasteiger partial charge < -0.3 is 5.11 Å². The van der Waals surface area contributed by atoms with E-state index in [4.69, 9.17) is 5.11 Å². The first-order chi connectivity index (χ1) is 7.58. The van der Waals surface area contributed by atoms with Crippen LogP contribution in [0.5, 0.6) is 0 Å². The van der Waals surface area contributed by atoms with Gasteiger partial charge in [-0.2, -0.15) is 5.10 Å². The summed E-state index contributed by atoms with van der Waals surface area (Å²) in [6.07, 6.45) is 1.84. The van der Waals surface area contributed by atoms with E-state index in [-0.39, 0.29) is 5.56 Å². The molecule has 0 aliphatic rings. The molecule has 1 aromatic heterocycles. The zero-order chi connectivity index (χ0) is 11.7. The molecule has 82 valence electrons. The van der Waals surface area contributed by atoms with Crippen LogP contribution >= 0.6 is 0 Å². The largest absolute Gasteiger partial charge is 0.478 e. The first-order valence-electron chi connectivity index (χ1n) is 4.92. The molecule has 2 rings (SSSR count). The van der Waals surface area contributed by atoms with Gasteiger partial charge in [-0.15, -0.1) is 0 Å². The molecule has 1 aromatic carbocycles. The lowest BCUT2D eigenvalue weighted by Crippen LogP contribution is -1.97. The molecule has 0 spiro atoms. The van der Waals surface area contributed by atoms with Crippen LogP contribution in [0.15, 0.2) is 30.5 Å². The van der Waals surface area contributed by atoms with E-state index >= 15 is 0 Å². The lowest BCUT2D eigenvalue weighted by Gasteiger charge is -2.03. The van der Waals surface area contributed by atoms with Gasteiger partial charge in [0, 0.05) is 18.8 Å². The van der Waals surface area contributed by atoms with E-state index in [1.165, 1.54) is 0 Å². The molecular weight excluding hydrogens is 204 g/mol. The van der Waals surface area contributed by atoms with E-state index in [0.29, 0.717) is 0 Å². The Morgan fingerprint density at radius 1 is 1.38 bits per heavy atom. The molecule has 0 saturated carbocycles. The van der Waals surface area contributed by atoms with E-state index in [0.717, 1.165) is 16.8 Å². The summed E-state index contributed by atoms with van der Waals surface area (Å²) < 4.78 is 1.70. The van der Waals surface area contributed by atoms with Crippen LogP contribution in [0.1, 0.15) is 15.9 Å². The Balaban J connectivity index is 2.55. The number of carbonyl (C=O) groups is 1. The van der Waals surface area contributed by atoms with Crippen molar-refractivity contribution >= 4 is 5.97 Å². The molecule has 0 amide bonds. The molecule has 0 unspecified atom stereocenters. The monoisotopic (exact) mass is 216 g/mol. The van der Waals surface area contributed by atoms with Crippen LogP contribution in [0, 0.1) is 6.92 Å². The van der Waals surface area contributed by atoms with Crippen molar-refractivity contribution in [3.8, 4) is 11.3 Å². The summed E-state index contributed by atoms with van der Waals surface area (Å²) >= 11 is 0.